The first kappa shape index (κ1) is 10.1. The number of thioether (sulfide) groups is 1. The standard InChI is InChI=1S/C9H12N2OS/c1-3-9(4-2)8(12)11-7(13-9)5-6-10/h5H,3-4H2,1-2H3,(H,11,12)/b7-5-. The van der Waals surface area contributed by atoms with Crippen LogP contribution in [0.25, 0.3) is 0 Å². The molecule has 0 aliphatic carbocycles. The molecule has 3 nitrogen and oxygen atoms in total. The van der Waals surface area contributed by atoms with Crippen molar-refractivity contribution >= 4 is 17.7 Å². The van der Waals surface area contributed by atoms with Crippen molar-refractivity contribution in [3.05, 3.63) is 11.1 Å². The molecule has 1 rings (SSSR count). The molecule has 0 aromatic carbocycles. The monoisotopic (exact) mass is 196 g/mol. The van der Waals surface area contributed by atoms with Crippen molar-refractivity contribution in [1.29, 1.82) is 5.26 Å². The van der Waals surface area contributed by atoms with Gasteiger partial charge in [0.05, 0.1) is 11.1 Å². The highest BCUT2D eigenvalue weighted by atomic mass is 32.2. The number of hydrogen-bond donors (Lipinski definition) is 1. The second-order valence-electron chi connectivity index (χ2n) is 2.90. The smallest absolute Gasteiger partial charge is 0.241 e. The van der Waals surface area contributed by atoms with Crippen LogP contribution >= 0.6 is 11.8 Å². The van der Waals surface area contributed by atoms with E-state index in [4.69, 9.17) is 5.26 Å². The molecule has 1 heterocycles. The minimum atomic E-state index is -0.345. The van der Waals surface area contributed by atoms with E-state index in [-0.39, 0.29) is 10.7 Å². The second kappa shape index (κ2) is 3.84. The Morgan fingerprint density at radius 1 is 1.62 bits per heavy atom. The first-order valence-corrected chi connectivity index (χ1v) is 5.10. The lowest BCUT2D eigenvalue weighted by Crippen LogP contribution is -2.34. The first-order chi connectivity index (χ1) is 6.18. The summed E-state index contributed by atoms with van der Waals surface area (Å²) >= 11 is 1.47. The summed E-state index contributed by atoms with van der Waals surface area (Å²) in [7, 11) is 0. The van der Waals surface area contributed by atoms with Crippen LogP contribution < -0.4 is 5.32 Å². The fraction of sp³-hybridized carbons (Fsp3) is 0.556. The maximum Gasteiger partial charge on any atom is 0.241 e. The molecule has 1 fully saturated rings. The van der Waals surface area contributed by atoms with Gasteiger partial charge in [0.15, 0.2) is 0 Å². The summed E-state index contributed by atoms with van der Waals surface area (Å²) in [5.74, 6) is 0.0315. The molecule has 0 radical (unpaired) electrons. The SMILES string of the molecule is CCC1(CC)S/C(=C\C#N)NC1=O. The number of hydrogen-bond acceptors (Lipinski definition) is 3. The maximum atomic E-state index is 11.6. The molecule has 0 atom stereocenters. The highest BCUT2D eigenvalue weighted by Crippen LogP contribution is 2.42. The van der Waals surface area contributed by atoms with Crippen molar-refractivity contribution in [3.63, 3.8) is 0 Å². The van der Waals surface area contributed by atoms with E-state index in [0.29, 0.717) is 5.03 Å². The number of carbonyl (C=O) groups excluding carboxylic acids is 1. The summed E-state index contributed by atoms with van der Waals surface area (Å²) in [6, 6.07) is 1.92. The third kappa shape index (κ3) is 1.70. The molecule has 0 unspecified atom stereocenters. The average Bonchev–Trinajstić information content (AvgIpc) is 2.44. The van der Waals surface area contributed by atoms with Gasteiger partial charge in [-0.1, -0.05) is 25.6 Å². The molecular formula is C9H12N2OS. The van der Waals surface area contributed by atoms with Crippen LogP contribution in [0.4, 0.5) is 0 Å². The molecule has 0 bridgehead atoms. The lowest BCUT2D eigenvalue weighted by Gasteiger charge is -2.19. The largest absolute Gasteiger partial charge is 0.319 e. The van der Waals surface area contributed by atoms with Gasteiger partial charge in [-0.15, -0.1) is 0 Å². The van der Waals surface area contributed by atoms with Crippen LogP contribution in [0.5, 0.6) is 0 Å². The Morgan fingerprint density at radius 2 is 2.23 bits per heavy atom. The highest BCUT2D eigenvalue weighted by molar-refractivity contribution is 8.05. The lowest BCUT2D eigenvalue weighted by molar-refractivity contribution is -0.122. The zero-order valence-electron chi connectivity index (χ0n) is 7.76. The predicted octanol–water partition coefficient (Wildman–Crippen LogP) is 1.77. The van der Waals surface area contributed by atoms with Gasteiger partial charge in [-0.25, -0.2) is 0 Å². The van der Waals surface area contributed by atoms with Gasteiger partial charge in [-0.3, -0.25) is 4.79 Å². The normalized spacial score (nSPS) is 22.8. The van der Waals surface area contributed by atoms with Gasteiger partial charge in [0.25, 0.3) is 0 Å². The van der Waals surface area contributed by atoms with Crippen molar-refractivity contribution in [2.75, 3.05) is 0 Å². The maximum absolute atomic E-state index is 11.6. The fourth-order valence-electron chi connectivity index (χ4n) is 1.35. The first-order valence-electron chi connectivity index (χ1n) is 4.28. The fourth-order valence-corrected chi connectivity index (χ4v) is 2.46. The summed E-state index contributed by atoms with van der Waals surface area (Å²) in [5, 5.41) is 11.8. The van der Waals surface area contributed by atoms with Crippen LogP contribution in [0.1, 0.15) is 26.7 Å². The van der Waals surface area contributed by atoms with Crippen molar-refractivity contribution in [2.45, 2.75) is 31.4 Å². The van der Waals surface area contributed by atoms with E-state index < -0.39 is 0 Å². The zero-order valence-corrected chi connectivity index (χ0v) is 8.57. The van der Waals surface area contributed by atoms with Crippen molar-refractivity contribution in [2.24, 2.45) is 0 Å². The van der Waals surface area contributed by atoms with E-state index in [1.54, 1.807) is 0 Å². The van der Waals surface area contributed by atoms with Gasteiger partial charge in [0.1, 0.15) is 4.75 Å². The molecule has 70 valence electrons. The van der Waals surface area contributed by atoms with Crippen LogP contribution in [-0.4, -0.2) is 10.7 Å². The van der Waals surface area contributed by atoms with Crippen molar-refractivity contribution < 1.29 is 4.79 Å². The third-order valence-corrected chi connectivity index (χ3v) is 3.89. The van der Waals surface area contributed by atoms with Crippen LogP contribution in [0, 0.1) is 11.3 Å². The number of rotatable bonds is 2. The molecular weight excluding hydrogens is 184 g/mol. The van der Waals surface area contributed by atoms with Crippen LogP contribution in [-0.2, 0) is 4.79 Å². The number of allylic oxidation sites excluding steroid dienone is 1. The van der Waals surface area contributed by atoms with E-state index in [2.05, 4.69) is 5.32 Å². The number of amides is 1. The summed E-state index contributed by atoms with van der Waals surface area (Å²) in [5.41, 5.74) is 0. The van der Waals surface area contributed by atoms with Gasteiger partial charge >= 0.3 is 0 Å². The molecule has 1 saturated heterocycles. The molecule has 13 heavy (non-hydrogen) atoms. The van der Waals surface area contributed by atoms with E-state index >= 15 is 0 Å². The Balaban J connectivity index is 2.89. The van der Waals surface area contributed by atoms with Gasteiger partial charge in [0, 0.05) is 6.08 Å². The van der Waals surface area contributed by atoms with Crippen molar-refractivity contribution in [1.82, 2.24) is 5.32 Å². The van der Waals surface area contributed by atoms with E-state index in [1.165, 1.54) is 17.8 Å². The topological polar surface area (TPSA) is 52.9 Å². The zero-order chi connectivity index (χ0) is 9.90. The minimum absolute atomic E-state index is 0.0315. The molecule has 0 aromatic heterocycles. The Hall–Kier alpha value is -0.950. The van der Waals surface area contributed by atoms with Gasteiger partial charge in [-0.05, 0) is 12.8 Å². The molecule has 1 N–H and O–H groups in total. The van der Waals surface area contributed by atoms with Gasteiger partial charge in [-0.2, -0.15) is 5.26 Å². The second-order valence-corrected chi connectivity index (χ2v) is 4.32. The molecule has 0 aromatic rings. The average molecular weight is 196 g/mol. The number of nitrogens with one attached hydrogen (secondary N) is 1. The summed E-state index contributed by atoms with van der Waals surface area (Å²) in [6.45, 7) is 3.98. The molecule has 4 heteroatoms. The van der Waals surface area contributed by atoms with Gasteiger partial charge in [0.2, 0.25) is 5.91 Å². The molecule has 1 aliphatic heterocycles. The third-order valence-electron chi connectivity index (χ3n) is 2.29. The Morgan fingerprint density at radius 3 is 2.62 bits per heavy atom. The summed E-state index contributed by atoms with van der Waals surface area (Å²) < 4.78 is -0.345. The summed E-state index contributed by atoms with van der Waals surface area (Å²) in [6.07, 6.45) is 2.97. The Labute approximate surface area is 82.2 Å². The van der Waals surface area contributed by atoms with Crippen LogP contribution in [0.15, 0.2) is 11.1 Å². The van der Waals surface area contributed by atoms with E-state index in [0.717, 1.165) is 12.8 Å². The van der Waals surface area contributed by atoms with E-state index in [9.17, 15) is 4.79 Å². The van der Waals surface area contributed by atoms with Crippen LogP contribution in [0.3, 0.4) is 0 Å². The highest BCUT2D eigenvalue weighted by Gasteiger charge is 2.42. The quantitative estimate of drug-likeness (QED) is 0.685. The molecule has 0 spiro atoms. The van der Waals surface area contributed by atoms with Gasteiger partial charge < -0.3 is 5.32 Å². The van der Waals surface area contributed by atoms with Crippen molar-refractivity contribution in [3.8, 4) is 6.07 Å². The summed E-state index contributed by atoms with van der Waals surface area (Å²) in [4.78, 5) is 11.6. The number of nitrogens with zero attached hydrogens (tertiary/aromatic N) is 1. The van der Waals surface area contributed by atoms with E-state index in [1.807, 2.05) is 19.9 Å². The predicted molar refractivity (Wildman–Crippen MR) is 52.7 cm³/mol. The lowest BCUT2D eigenvalue weighted by atomic mass is 10.0. The number of nitriles is 1. The molecule has 1 amide bonds. The Kier molecular flexibility index (Phi) is 2.99. The molecule has 1 aliphatic rings. The number of carbonyl (C=O) groups is 1. The Bertz CT molecular complexity index is 286. The molecule has 0 saturated carbocycles. The van der Waals surface area contributed by atoms with Crippen LogP contribution in [0.2, 0.25) is 0 Å². The minimum Gasteiger partial charge on any atom is -0.319 e.